The standard InChI is InChI=1S/C23H25NO4/c1-5-27-22(26)15-6-9-18(10-7-15)24-21(25)12-16-14-28-20-11-8-17(13-19(16)20)23(2,3)4/h6-11,13-14H,5,12H2,1-4H3,(H,24,25). The van der Waals surface area contributed by atoms with Crippen molar-refractivity contribution in [2.75, 3.05) is 11.9 Å². The first-order valence-electron chi connectivity index (χ1n) is 9.35. The van der Waals surface area contributed by atoms with E-state index in [1.165, 1.54) is 5.56 Å². The number of hydrogen-bond donors (Lipinski definition) is 1. The second kappa shape index (κ2) is 7.89. The number of furan rings is 1. The summed E-state index contributed by atoms with van der Waals surface area (Å²) in [5.41, 5.74) is 3.91. The number of carbonyl (C=O) groups excluding carboxylic acids is 2. The molecule has 5 heteroatoms. The molecule has 0 unspecified atom stereocenters. The minimum atomic E-state index is -0.375. The van der Waals surface area contributed by atoms with E-state index in [9.17, 15) is 9.59 Å². The smallest absolute Gasteiger partial charge is 0.338 e. The Bertz CT molecular complexity index is 994. The minimum absolute atomic E-state index is 0.0195. The third kappa shape index (κ3) is 4.42. The van der Waals surface area contributed by atoms with E-state index < -0.39 is 0 Å². The molecule has 0 fully saturated rings. The highest BCUT2D eigenvalue weighted by molar-refractivity contribution is 5.96. The Labute approximate surface area is 164 Å². The van der Waals surface area contributed by atoms with Gasteiger partial charge in [-0.1, -0.05) is 26.8 Å². The van der Waals surface area contributed by atoms with Crippen LogP contribution in [0.1, 0.15) is 49.2 Å². The van der Waals surface area contributed by atoms with Crippen LogP contribution in [0, 0.1) is 0 Å². The lowest BCUT2D eigenvalue weighted by Gasteiger charge is -2.18. The molecule has 146 valence electrons. The highest BCUT2D eigenvalue weighted by Gasteiger charge is 2.17. The summed E-state index contributed by atoms with van der Waals surface area (Å²) in [7, 11) is 0. The maximum atomic E-state index is 12.5. The zero-order valence-electron chi connectivity index (χ0n) is 16.7. The Kier molecular flexibility index (Phi) is 5.54. The van der Waals surface area contributed by atoms with Crippen LogP contribution in [0.2, 0.25) is 0 Å². The van der Waals surface area contributed by atoms with Crippen LogP contribution in [0.25, 0.3) is 11.0 Å². The van der Waals surface area contributed by atoms with Gasteiger partial charge >= 0.3 is 5.97 Å². The molecular formula is C23H25NO4. The Hall–Kier alpha value is -3.08. The molecule has 5 nitrogen and oxygen atoms in total. The molecule has 3 rings (SSSR count). The molecule has 0 radical (unpaired) electrons. The molecule has 0 spiro atoms. The van der Waals surface area contributed by atoms with E-state index in [1.54, 1.807) is 37.5 Å². The zero-order chi connectivity index (χ0) is 20.3. The van der Waals surface area contributed by atoms with E-state index in [0.717, 1.165) is 16.5 Å². The summed E-state index contributed by atoms with van der Waals surface area (Å²) in [5.74, 6) is -0.521. The van der Waals surface area contributed by atoms with Gasteiger partial charge in [-0.3, -0.25) is 4.79 Å². The third-order valence-electron chi connectivity index (χ3n) is 4.55. The van der Waals surface area contributed by atoms with Crippen LogP contribution < -0.4 is 5.32 Å². The average molecular weight is 379 g/mol. The molecule has 1 N–H and O–H groups in total. The second-order valence-corrected chi connectivity index (χ2v) is 7.74. The molecule has 1 aromatic heterocycles. The number of amides is 1. The molecule has 0 aliphatic rings. The molecule has 0 aliphatic carbocycles. The van der Waals surface area contributed by atoms with Crippen LogP contribution in [-0.2, 0) is 21.4 Å². The predicted octanol–water partition coefficient (Wildman–Crippen LogP) is 5.09. The number of fused-ring (bicyclic) bond motifs is 1. The van der Waals surface area contributed by atoms with Crippen molar-refractivity contribution in [1.29, 1.82) is 0 Å². The lowest BCUT2D eigenvalue weighted by atomic mass is 9.86. The summed E-state index contributed by atoms with van der Waals surface area (Å²) in [6, 6.07) is 12.7. The van der Waals surface area contributed by atoms with Crippen LogP contribution in [0.4, 0.5) is 5.69 Å². The maximum Gasteiger partial charge on any atom is 0.338 e. The quantitative estimate of drug-likeness (QED) is 0.627. The van der Waals surface area contributed by atoms with Gasteiger partial charge < -0.3 is 14.5 Å². The number of esters is 1. The van der Waals surface area contributed by atoms with Gasteiger partial charge in [0.15, 0.2) is 0 Å². The molecule has 0 atom stereocenters. The lowest BCUT2D eigenvalue weighted by molar-refractivity contribution is -0.115. The Morgan fingerprint density at radius 1 is 1.07 bits per heavy atom. The van der Waals surface area contributed by atoms with Crippen molar-refractivity contribution in [3.63, 3.8) is 0 Å². The number of benzene rings is 2. The second-order valence-electron chi connectivity index (χ2n) is 7.74. The number of rotatable bonds is 5. The van der Waals surface area contributed by atoms with Gasteiger partial charge in [-0.2, -0.15) is 0 Å². The van der Waals surface area contributed by atoms with E-state index in [4.69, 9.17) is 9.15 Å². The minimum Gasteiger partial charge on any atom is -0.464 e. The first-order valence-corrected chi connectivity index (χ1v) is 9.35. The molecule has 0 bridgehead atoms. The summed E-state index contributed by atoms with van der Waals surface area (Å²) in [6.07, 6.45) is 1.85. The lowest BCUT2D eigenvalue weighted by Crippen LogP contribution is -2.14. The van der Waals surface area contributed by atoms with Crippen LogP contribution in [-0.4, -0.2) is 18.5 Å². The predicted molar refractivity (Wildman–Crippen MR) is 110 cm³/mol. The topological polar surface area (TPSA) is 68.5 Å². The van der Waals surface area contributed by atoms with Crippen LogP contribution in [0.3, 0.4) is 0 Å². The van der Waals surface area contributed by atoms with Crippen LogP contribution in [0.15, 0.2) is 53.1 Å². The van der Waals surface area contributed by atoms with Gasteiger partial charge in [0.05, 0.1) is 24.9 Å². The maximum absolute atomic E-state index is 12.5. The van der Waals surface area contributed by atoms with Crippen molar-refractivity contribution in [2.45, 2.75) is 39.5 Å². The first kappa shape index (κ1) is 19.7. The SMILES string of the molecule is CCOC(=O)c1ccc(NC(=O)Cc2coc3ccc(C(C)(C)C)cc23)cc1. The summed E-state index contributed by atoms with van der Waals surface area (Å²) >= 11 is 0. The summed E-state index contributed by atoms with van der Waals surface area (Å²) in [6.45, 7) is 8.55. The van der Waals surface area contributed by atoms with Gasteiger partial charge in [-0.25, -0.2) is 4.79 Å². The molecule has 1 heterocycles. The number of nitrogens with one attached hydrogen (secondary N) is 1. The highest BCUT2D eigenvalue weighted by Crippen LogP contribution is 2.29. The normalized spacial score (nSPS) is 11.4. The number of carbonyl (C=O) groups is 2. The summed E-state index contributed by atoms with van der Waals surface area (Å²) < 4.78 is 10.6. The fourth-order valence-corrected chi connectivity index (χ4v) is 2.97. The molecule has 1 amide bonds. The van der Waals surface area contributed by atoms with Crippen molar-refractivity contribution in [3.05, 3.63) is 65.4 Å². The monoisotopic (exact) mass is 379 g/mol. The van der Waals surface area contributed by atoms with E-state index in [1.807, 2.05) is 6.07 Å². The molecule has 0 aliphatic heterocycles. The van der Waals surface area contributed by atoms with Crippen molar-refractivity contribution in [1.82, 2.24) is 0 Å². The molecule has 0 saturated carbocycles. The summed E-state index contributed by atoms with van der Waals surface area (Å²) in [5, 5.41) is 3.81. The third-order valence-corrected chi connectivity index (χ3v) is 4.55. The number of hydrogen-bond acceptors (Lipinski definition) is 4. The summed E-state index contributed by atoms with van der Waals surface area (Å²) in [4.78, 5) is 24.2. The average Bonchev–Trinajstić information content (AvgIpc) is 3.04. The van der Waals surface area contributed by atoms with Gasteiger partial charge in [-0.15, -0.1) is 0 Å². The van der Waals surface area contributed by atoms with Gasteiger partial charge in [0.2, 0.25) is 5.91 Å². The van der Waals surface area contributed by atoms with E-state index >= 15 is 0 Å². The van der Waals surface area contributed by atoms with Crippen molar-refractivity contribution in [3.8, 4) is 0 Å². The van der Waals surface area contributed by atoms with Gasteiger partial charge in [-0.05, 0) is 54.3 Å². The van der Waals surface area contributed by atoms with Crippen molar-refractivity contribution < 1.29 is 18.7 Å². The molecule has 0 saturated heterocycles. The molecular weight excluding hydrogens is 354 g/mol. The first-order chi connectivity index (χ1) is 13.3. The van der Waals surface area contributed by atoms with Crippen molar-refractivity contribution >= 4 is 28.5 Å². The Balaban J connectivity index is 1.72. The van der Waals surface area contributed by atoms with Gasteiger partial charge in [0, 0.05) is 16.6 Å². The van der Waals surface area contributed by atoms with Gasteiger partial charge in [0.1, 0.15) is 5.58 Å². The van der Waals surface area contributed by atoms with E-state index in [2.05, 4.69) is 38.2 Å². The van der Waals surface area contributed by atoms with Crippen molar-refractivity contribution in [2.24, 2.45) is 0 Å². The van der Waals surface area contributed by atoms with Crippen LogP contribution in [0.5, 0.6) is 0 Å². The fraction of sp³-hybridized carbons (Fsp3) is 0.304. The van der Waals surface area contributed by atoms with Crippen LogP contribution >= 0.6 is 0 Å². The number of anilines is 1. The molecule has 3 aromatic rings. The molecule has 2 aromatic carbocycles. The number of ether oxygens (including phenoxy) is 1. The van der Waals surface area contributed by atoms with E-state index in [0.29, 0.717) is 17.9 Å². The largest absolute Gasteiger partial charge is 0.464 e. The fourth-order valence-electron chi connectivity index (χ4n) is 2.97. The van der Waals surface area contributed by atoms with Gasteiger partial charge in [0.25, 0.3) is 0 Å². The Morgan fingerprint density at radius 3 is 2.43 bits per heavy atom. The van der Waals surface area contributed by atoms with E-state index in [-0.39, 0.29) is 23.7 Å². The molecule has 28 heavy (non-hydrogen) atoms. The highest BCUT2D eigenvalue weighted by atomic mass is 16.5. The Morgan fingerprint density at radius 2 is 1.79 bits per heavy atom. The zero-order valence-corrected chi connectivity index (χ0v) is 16.7.